The fraction of sp³-hybridized carbons (Fsp3) is 0.500. The molecule has 0 unspecified atom stereocenters. The number of amides is 1. The summed E-state index contributed by atoms with van der Waals surface area (Å²) < 4.78 is 0. The lowest BCUT2D eigenvalue weighted by Crippen LogP contribution is -2.34. The number of benzene rings is 1. The molecule has 1 aromatic carbocycles. The molecule has 20 heavy (non-hydrogen) atoms. The van der Waals surface area contributed by atoms with Crippen LogP contribution in [0.25, 0.3) is 0 Å². The molecule has 0 radical (unpaired) electrons. The fourth-order valence-corrected chi connectivity index (χ4v) is 2.51. The van der Waals surface area contributed by atoms with Crippen LogP contribution in [0.4, 0.5) is 5.69 Å². The number of aromatic hydroxyl groups is 1. The van der Waals surface area contributed by atoms with Crippen LogP contribution >= 0.6 is 0 Å². The number of nitrogens with one attached hydrogen (secondary N) is 1. The van der Waals surface area contributed by atoms with Gasteiger partial charge in [-0.2, -0.15) is 0 Å². The van der Waals surface area contributed by atoms with Gasteiger partial charge in [-0.15, -0.1) is 0 Å². The zero-order valence-electron chi connectivity index (χ0n) is 11.2. The summed E-state index contributed by atoms with van der Waals surface area (Å²) in [6.07, 6.45) is 6.54. The minimum atomic E-state index is -0.678. The van der Waals surface area contributed by atoms with Crippen molar-refractivity contribution < 1.29 is 14.8 Å². The second-order valence-corrected chi connectivity index (χ2v) is 5.12. The Bertz CT molecular complexity index is 508. The van der Waals surface area contributed by atoms with Crippen molar-refractivity contribution in [1.82, 2.24) is 5.32 Å². The minimum absolute atomic E-state index is 0.155. The highest BCUT2D eigenvalue weighted by atomic mass is 16.6. The van der Waals surface area contributed by atoms with Gasteiger partial charge in [0.05, 0.1) is 4.92 Å². The SMILES string of the molecule is O=C(NC1CCCCCC1)c1ccc([N+](=O)[O-])c(O)c1. The second-order valence-electron chi connectivity index (χ2n) is 5.12. The Kier molecular flexibility index (Phi) is 4.55. The average Bonchev–Trinajstić information content (AvgIpc) is 2.66. The first-order valence-electron chi connectivity index (χ1n) is 6.86. The minimum Gasteiger partial charge on any atom is -0.502 e. The van der Waals surface area contributed by atoms with Crippen molar-refractivity contribution in [2.75, 3.05) is 0 Å². The number of carbonyl (C=O) groups is 1. The summed E-state index contributed by atoms with van der Waals surface area (Å²) in [4.78, 5) is 22.0. The highest BCUT2D eigenvalue weighted by Gasteiger charge is 2.19. The normalized spacial score (nSPS) is 16.4. The lowest BCUT2D eigenvalue weighted by Gasteiger charge is -2.16. The molecule has 1 amide bonds. The summed E-state index contributed by atoms with van der Waals surface area (Å²) in [5.41, 5.74) is -0.145. The quantitative estimate of drug-likeness (QED) is 0.505. The van der Waals surface area contributed by atoms with E-state index in [1.807, 2.05) is 0 Å². The molecule has 0 saturated heterocycles. The lowest BCUT2D eigenvalue weighted by atomic mass is 10.1. The summed E-state index contributed by atoms with van der Waals surface area (Å²) >= 11 is 0. The van der Waals surface area contributed by atoms with Crippen LogP contribution in [0.2, 0.25) is 0 Å². The first-order valence-corrected chi connectivity index (χ1v) is 6.86. The van der Waals surface area contributed by atoms with Crippen molar-refractivity contribution in [2.45, 2.75) is 44.6 Å². The van der Waals surface area contributed by atoms with Crippen LogP contribution in [-0.4, -0.2) is 22.0 Å². The van der Waals surface area contributed by atoms with Gasteiger partial charge in [0.1, 0.15) is 0 Å². The molecule has 0 aromatic heterocycles. The van der Waals surface area contributed by atoms with Crippen LogP contribution < -0.4 is 5.32 Å². The fourth-order valence-electron chi connectivity index (χ4n) is 2.51. The number of nitro groups is 1. The summed E-state index contributed by atoms with van der Waals surface area (Å²) in [5, 5.41) is 23.1. The van der Waals surface area contributed by atoms with Gasteiger partial charge in [-0.25, -0.2) is 0 Å². The van der Waals surface area contributed by atoms with Crippen LogP contribution in [0, 0.1) is 10.1 Å². The van der Waals surface area contributed by atoms with E-state index in [0.717, 1.165) is 37.8 Å². The van der Waals surface area contributed by atoms with E-state index >= 15 is 0 Å². The standard InChI is InChI=1S/C14H18N2O4/c17-13-9-10(7-8-12(13)16(19)20)14(18)15-11-5-3-1-2-4-6-11/h7-9,11,17H,1-6H2,(H,15,18). The number of phenolic OH excluding ortho intramolecular Hbond substituents is 1. The van der Waals surface area contributed by atoms with E-state index in [2.05, 4.69) is 5.32 Å². The molecule has 0 aliphatic heterocycles. The van der Waals surface area contributed by atoms with Gasteiger partial charge in [-0.3, -0.25) is 14.9 Å². The third kappa shape index (κ3) is 3.46. The maximum absolute atomic E-state index is 12.1. The van der Waals surface area contributed by atoms with Crippen molar-refractivity contribution in [3.8, 4) is 5.75 Å². The molecule has 0 bridgehead atoms. The van der Waals surface area contributed by atoms with Crippen LogP contribution in [0.5, 0.6) is 5.75 Å². The number of nitro benzene ring substituents is 1. The largest absolute Gasteiger partial charge is 0.502 e. The van der Waals surface area contributed by atoms with Crippen LogP contribution in [-0.2, 0) is 0 Å². The molecule has 108 valence electrons. The first kappa shape index (κ1) is 14.3. The molecule has 1 aliphatic rings. The summed E-state index contributed by atoms with van der Waals surface area (Å²) in [6.45, 7) is 0. The van der Waals surface area contributed by atoms with Gasteiger partial charge in [0.15, 0.2) is 5.75 Å². The van der Waals surface area contributed by atoms with E-state index in [1.165, 1.54) is 18.9 Å². The van der Waals surface area contributed by atoms with E-state index in [4.69, 9.17) is 0 Å². The monoisotopic (exact) mass is 278 g/mol. The Morgan fingerprint density at radius 2 is 1.90 bits per heavy atom. The molecular formula is C14H18N2O4. The molecule has 6 heteroatoms. The molecule has 2 N–H and O–H groups in total. The summed E-state index contributed by atoms with van der Waals surface area (Å²) in [6, 6.07) is 3.81. The number of carbonyl (C=O) groups excluding carboxylic acids is 1. The van der Waals surface area contributed by atoms with Gasteiger partial charge in [-0.05, 0) is 25.0 Å². The predicted molar refractivity (Wildman–Crippen MR) is 73.7 cm³/mol. The van der Waals surface area contributed by atoms with E-state index in [1.54, 1.807) is 0 Å². The first-order chi connectivity index (χ1) is 9.58. The molecule has 0 spiro atoms. The Labute approximate surface area is 117 Å². The van der Waals surface area contributed by atoms with E-state index in [0.29, 0.717) is 0 Å². The third-order valence-corrected chi connectivity index (χ3v) is 3.62. The maximum Gasteiger partial charge on any atom is 0.310 e. The van der Waals surface area contributed by atoms with Gasteiger partial charge in [0, 0.05) is 17.7 Å². The Morgan fingerprint density at radius 3 is 2.45 bits per heavy atom. The van der Waals surface area contributed by atoms with Crippen LogP contribution in [0.1, 0.15) is 48.9 Å². The molecule has 1 aromatic rings. The van der Waals surface area contributed by atoms with E-state index < -0.39 is 16.4 Å². The summed E-state index contributed by atoms with van der Waals surface area (Å²) in [5.74, 6) is -0.773. The van der Waals surface area contributed by atoms with E-state index in [-0.39, 0.29) is 17.5 Å². The van der Waals surface area contributed by atoms with Gasteiger partial charge >= 0.3 is 5.69 Å². The number of rotatable bonds is 3. The average molecular weight is 278 g/mol. The highest BCUT2D eigenvalue weighted by Crippen LogP contribution is 2.26. The third-order valence-electron chi connectivity index (χ3n) is 3.62. The Balaban J connectivity index is 2.05. The van der Waals surface area contributed by atoms with E-state index in [9.17, 15) is 20.0 Å². The van der Waals surface area contributed by atoms with Gasteiger partial charge in [0.25, 0.3) is 5.91 Å². The van der Waals surface area contributed by atoms with Crippen molar-refractivity contribution in [2.24, 2.45) is 0 Å². The Hall–Kier alpha value is -2.11. The number of nitrogens with zero attached hydrogens (tertiary/aromatic N) is 1. The molecule has 6 nitrogen and oxygen atoms in total. The highest BCUT2D eigenvalue weighted by molar-refractivity contribution is 5.95. The van der Waals surface area contributed by atoms with Crippen molar-refractivity contribution in [3.05, 3.63) is 33.9 Å². The van der Waals surface area contributed by atoms with Gasteiger partial charge in [-0.1, -0.05) is 25.7 Å². The molecule has 1 fully saturated rings. The lowest BCUT2D eigenvalue weighted by molar-refractivity contribution is -0.385. The number of phenols is 1. The molecule has 0 heterocycles. The predicted octanol–water partition coefficient (Wildman–Crippen LogP) is 2.75. The molecule has 1 aliphatic carbocycles. The smallest absolute Gasteiger partial charge is 0.310 e. The molecule has 0 atom stereocenters. The van der Waals surface area contributed by atoms with Crippen molar-refractivity contribution in [1.29, 1.82) is 0 Å². The molecule has 2 rings (SSSR count). The van der Waals surface area contributed by atoms with Crippen molar-refractivity contribution >= 4 is 11.6 Å². The van der Waals surface area contributed by atoms with Crippen LogP contribution in [0.3, 0.4) is 0 Å². The molecule has 1 saturated carbocycles. The molecular weight excluding hydrogens is 260 g/mol. The number of hydrogen-bond acceptors (Lipinski definition) is 4. The maximum atomic E-state index is 12.1. The Morgan fingerprint density at radius 1 is 1.25 bits per heavy atom. The van der Waals surface area contributed by atoms with Crippen LogP contribution in [0.15, 0.2) is 18.2 Å². The van der Waals surface area contributed by atoms with Crippen molar-refractivity contribution in [3.63, 3.8) is 0 Å². The van der Waals surface area contributed by atoms with Gasteiger partial charge < -0.3 is 10.4 Å². The second kappa shape index (κ2) is 6.36. The summed E-state index contributed by atoms with van der Waals surface area (Å²) in [7, 11) is 0. The zero-order chi connectivity index (χ0) is 14.5. The van der Waals surface area contributed by atoms with Gasteiger partial charge in [0.2, 0.25) is 0 Å². The topological polar surface area (TPSA) is 92.5 Å². The zero-order valence-corrected chi connectivity index (χ0v) is 11.2. The number of hydrogen-bond donors (Lipinski definition) is 2.